The van der Waals surface area contributed by atoms with E-state index in [9.17, 15) is 47.5 Å². The van der Waals surface area contributed by atoms with Crippen molar-refractivity contribution in [1.82, 2.24) is 10.7 Å². The fraction of sp³-hybridized carbons (Fsp3) is 0.292. The van der Waals surface area contributed by atoms with Crippen LogP contribution in [0.15, 0.2) is 188 Å². The summed E-state index contributed by atoms with van der Waals surface area (Å²) in [5, 5.41) is 17.1. The molecule has 0 heterocycles. The Morgan fingerprint density at radius 1 is 0.443 bits per heavy atom. The predicted molar refractivity (Wildman–Crippen MR) is 439 cm³/mol. The van der Waals surface area contributed by atoms with Gasteiger partial charge in [0.15, 0.2) is 0 Å². The van der Waals surface area contributed by atoms with Crippen LogP contribution in [0.5, 0.6) is 34.5 Å². The summed E-state index contributed by atoms with van der Waals surface area (Å²) in [5.74, 6) is -3.33. The molecule has 0 fully saturated rings. The standard InChI is InChI=1S/C50H57N5O9.C39H42FN3O8/c1-8-9-25-51-46(57)36-19-22-39(43(26-36)61-31-35-17-15-33(4)16-18-35)53-48(59)38-20-23-40(45(28-38)63-32(2)3)54-47(58)37-21-24-41(44(27-37)62-30-34-13-11-10-12-14-34)55-52-29-42(56)49(60)64-50(5,6)7;1-6-7-18-49-34-21-29(39(47)48-5)12-17-32(34)42-37(45)28-11-16-33(36(20-28)50-22-24(2)3)43-38(46)27-10-15-31(41-25(4)44)35(19-27)51-23-26-8-13-30(40)14-9-26/h10-24,26-28,32,52,55H,8-9,25,29-31H2,1-7H3,(H,51,57)(H,53,59)(H,54,58);8-17,19-21,24H,6-7,18,22-23H2,1-5H3,(H,41,44)(H,42,45)(H,43,46). The fourth-order valence-corrected chi connectivity index (χ4v) is 10.6. The molecule has 0 unspecified atom stereocenters. The number of esters is 2. The zero-order chi connectivity index (χ0) is 83.1. The van der Waals surface area contributed by atoms with Crippen molar-refractivity contribution in [3.05, 3.63) is 250 Å². The summed E-state index contributed by atoms with van der Waals surface area (Å²) in [6.07, 6.45) is 3.15. The summed E-state index contributed by atoms with van der Waals surface area (Å²) >= 11 is 0. The van der Waals surface area contributed by atoms with Gasteiger partial charge in [-0.05, 0) is 198 Å². The first-order chi connectivity index (χ1) is 55.0. The van der Waals surface area contributed by atoms with Gasteiger partial charge in [0.05, 0.1) is 72.7 Å². The van der Waals surface area contributed by atoms with E-state index in [1.165, 1.54) is 56.5 Å². The van der Waals surface area contributed by atoms with Crippen molar-refractivity contribution < 1.29 is 85.4 Å². The molecule has 9 aromatic carbocycles. The maximum Gasteiger partial charge on any atom is 0.376 e. The van der Waals surface area contributed by atoms with Crippen LogP contribution >= 0.6 is 0 Å². The molecule has 8 N–H and O–H groups in total. The monoisotopic (exact) mass is 1570 g/mol. The van der Waals surface area contributed by atoms with Gasteiger partial charge in [-0.2, -0.15) is 0 Å². The highest BCUT2D eigenvalue weighted by molar-refractivity contribution is 6.34. The number of hydrogen-bond acceptors (Lipinski definition) is 19. The van der Waals surface area contributed by atoms with E-state index in [2.05, 4.69) is 42.8 Å². The van der Waals surface area contributed by atoms with Crippen LogP contribution in [0.25, 0.3) is 0 Å². The number of Topliss-reactive ketones (excluding diaryl/α,β-unsaturated/α-hetero) is 1. The van der Waals surface area contributed by atoms with E-state index < -0.39 is 47.0 Å². The van der Waals surface area contributed by atoms with Crippen LogP contribution < -0.4 is 71.2 Å². The molecule has 6 amide bonds. The summed E-state index contributed by atoms with van der Waals surface area (Å²) in [6.45, 7) is 21.4. The molecule has 0 aliphatic carbocycles. The Balaban J connectivity index is 0.000000295. The molecule has 0 aromatic heterocycles. The van der Waals surface area contributed by atoms with Crippen LogP contribution in [0, 0.1) is 18.7 Å². The van der Waals surface area contributed by atoms with Gasteiger partial charge in [-0.25, -0.2) is 19.4 Å². The van der Waals surface area contributed by atoms with E-state index in [1.54, 1.807) is 112 Å². The number of methoxy groups -OCH3 is 1. The molecule has 0 saturated heterocycles. The van der Waals surface area contributed by atoms with Crippen LogP contribution in [0.4, 0.5) is 38.5 Å². The van der Waals surface area contributed by atoms with Crippen molar-refractivity contribution in [3.8, 4) is 34.5 Å². The maximum absolute atomic E-state index is 13.8. The minimum absolute atomic E-state index is 0.0659. The number of carbonyl (C=O) groups is 9. The lowest BCUT2D eigenvalue weighted by atomic mass is 10.1. The van der Waals surface area contributed by atoms with E-state index in [0.29, 0.717) is 76.5 Å². The van der Waals surface area contributed by atoms with E-state index in [-0.39, 0.29) is 107 Å². The lowest BCUT2D eigenvalue weighted by Gasteiger charge is -2.19. The van der Waals surface area contributed by atoms with Crippen molar-refractivity contribution in [3.63, 3.8) is 0 Å². The lowest BCUT2D eigenvalue weighted by Crippen LogP contribution is -2.36. The first-order valence-corrected chi connectivity index (χ1v) is 37.7. The number of unbranched alkanes of at least 4 members (excludes halogenated alkanes) is 2. The largest absolute Gasteiger partial charge is 0.491 e. The summed E-state index contributed by atoms with van der Waals surface area (Å²) in [4.78, 5) is 116. The molecule has 0 aliphatic heterocycles. The van der Waals surface area contributed by atoms with Crippen molar-refractivity contribution in [2.24, 2.45) is 5.92 Å². The molecule has 9 aromatic rings. The van der Waals surface area contributed by atoms with Crippen LogP contribution in [0.3, 0.4) is 0 Å². The third-order valence-corrected chi connectivity index (χ3v) is 16.6. The minimum Gasteiger partial charge on any atom is -0.491 e. The van der Waals surface area contributed by atoms with Gasteiger partial charge in [0.1, 0.15) is 65.7 Å². The molecule has 25 nitrogen and oxygen atoms in total. The van der Waals surface area contributed by atoms with Gasteiger partial charge in [0.25, 0.3) is 35.3 Å². The summed E-state index contributed by atoms with van der Waals surface area (Å²) in [5.41, 5.74) is 12.1. The highest BCUT2D eigenvalue weighted by atomic mass is 19.1. The number of carbonyl (C=O) groups excluding carboxylic acids is 9. The second kappa shape index (κ2) is 43.1. The molecule has 0 radical (unpaired) electrons. The van der Waals surface area contributed by atoms with E-state index >= 15 is 0 Å². The Hall–Kier alpha value is -13.1. The molecule has 0 spiro atoms. The zero-order valence-corrected chi connectivity index (χ0v) is 66.6. The molecule has 0 bridgehead atoms. The smallest absolute Gasteiger partial charge is 0.376 e. The average molecular weight is 1570 g/mol. The Kier molecular flexibility index (Phi) is 32.8. The van der Waals surface area contributed by atoms with Gasteiger partial charge < -0.3 is 75.2 Å². The molecule has 0 aliphatic rings. The predicted octanol–water partition coefficient (Wildman–Crippen LogP) is 16.7. The van der Waals surface area contributed by atoms with Gasteiger partial charge >= 0.3 is 11.9 Å². The summed E-state index contributed by atoms with van der Waals surface area (Å²) < 4.78 is 59.6. The molecule has 26 heteroatoms. The molecule has 0 atom stereocenters. The zero-order valence-electron chi connectivity index (χ0n) is 66.6. The van der Waals surface area contributed by atoms with Gasteiger partial charge in [-0.1, -0.05) is 113 Å². The third-order valence-electron chi connectivity index (χ3n) is 16.6. The minimum atomic E-state index is -0.966. The topological polar surface area (TPSA) is 324 Å². The second-order valence-corrected chi connectivity index (χ2v) is 28.3. The number of halogens is 1. The number of ether oxygens (including phenoxy) is 8. The van der Waals surface area contributed by atoms with E-state index in [1.807, 2.05) is 103 Å². The van der Waals surface area contributed by atoms with Crippen LogP contribution in [-0.4, -0.2) is 98.3 Å². The van der Waals surface area contributed by atoms with E-state index in [0.717, 1.165) is 42.4 Å². The lowest BCUT2D eigenvalue weighted by molar-refractivity contribution is -0.162. The second-order valence-electron chi connectivity index (χ2n) is 28.3. The molecular formula is C89H99FN8O17. The average Bonchev–Trinajstić information content (AvgIpc) is 0.815. The first-order valence-electron chi connectivity index (χ1n) is 37.7. The Labute approximate surface area is 669 Å². The molecule has 0 saturated carbocycles. The van der Waals surface area contributed by atoms with Crippen molar-refractivity contribution in [1.29, 1.82) is 0 Å². The number of benzene rings is 9. The molecular weight excluding hydrogens is 1470 g/mol. The van der Waals surface area contributed by atoms with Crippen LogP contribution in [-0.2, 0) is 43.7 Å². The summed E-state index contributed by atoms with van der Waals surface area (Å²) in [6, 6.07) is 51.2. The number of hydrogen-bond donors (Lipinski definition) is 8. The number of hydrazine groups is 1. The molecule has 9 rings (SSSR count). The van der Waals surface area contributed by atoms with Gasteiger partial charge in [0, 0.05) is 41.3 Å². The SMILES string of the molecule is CCCCNC(=O)c1ccc(NC(=O)c2ccc(NC(=O)c3ccc(NNCC(=O)C(=O)OC(C)(C)C)c(OCc4ccccc4)c3)c(OC(C)C)c2)c(OCc2ccc(C)cc2)c1.CCCCOc1cc(C(=O)OC)ccc1NC(=O)c1ccc(NC(=O)c2ccc(NC(C)=O)c(OCc3ccc(F)cc3)c2)c(OCC(C)C)c1. The van der Waals surface area contributed by atoms with Gasteiger partial charge in [-0.15, -0.1) is 0 Å². The summed E-state index contributed by atoms with van der Waals surface area (Å²) in [7, 11) is 1.29. The van der Waals surface area contributed by atoms with Gasteiger partial charge in [-0.3, -0.25) is 33.6 Å². The highest BCUT2D eigenvalue weighted by Gasteiger charge is 2.25. The Morgan fingerprint density at radius 3 is 1.30 bits per heavy atom. The number of amides is 6. The van der Waals surface area contributed by atoms with Crippen molar-refractivity contribution in [2.45, 2.75) is 133 Å². The quantitative estimate of drug-likeness (QED) is 0.00776. The fourth-order valence-electron chi connectivity index (χ4n) is 10.6. The molecule has 115 heavy (non-hydrogen) atoms. The van der Waals surface area contributed by atoms with Crippen LogP contribution in [0.1, 0.15) is 179 Å². The Morgan fingerprint density at radius 2 is 0.843 bits per heavy atom. The third kappa shape index (κ3) is 28.0. The van der Waals surface area contributed by atoms with E-state index in [4.69, 9.17) is 37.9 Å². The number of nitrogens with one attached hydrogen (secondary N) is 8. The number of anilines is 6. The number of aryl methyl sites for hydroxylation is 1. The normalized spacial score (nSPS) is 10.8. The van der Waals surface area contributed by atoms with Gasteiger partial charge in [0.2, 0.25) is 5.91 Å². The highest BCUT2D eigenvalue weighted by Crippen LogP contribution is 2.36. The molecule has 604 valence electrons. The Bertz CT molecular complexity index is 4880. The van der Waals surface area contributed by atoms with Crippen molar-refractivity contribution in [2.75, 3.05) is 65.4 Å². The van der Waals surface area contributed by atoms with Crippen LogP contribution in [0.2, 0.25) is 0 Å². The first kappa shape index (κ1) is 87.5. The van der Waals surface area contributed by atoms with Crippen molar-refractivity contribution >= 4 is 87.3 Å². The maximum atomic E-state index is 13.8. The number of ketones is 1. The number of rotatable bonds is 37.